The fourth-order valence-electron chi connectivity index (χ4n) is 1.82. The van der Waals surface area contributed by atoms with Gasteiger partial charge in [0, 0.05) is 26.2 Å². The maximum atomic E-state index is 12.5. The summed E-state index contributed by atoms with van der Waals surface area (Å²) in [7, 11) is -3.28. The van der Waals surface area contributed by atoms with Crippen LogP contribution in [0.4, 0.5) is 13.2 Å². The minimum atomic E-state index is -4.61. The highest BCUT2D eigenvalue weighted by atomic mass is 32.2. The molecule has 1 fully saturated rings. The second kappa shape index (κ2) is 5.32. The molecule has 0 aliphatic carbocycles. The Kier molecular flexibility index (Phi) is 4.63. The highest BCUT2D eigenvalue weighted by Gasteiger charge is 2.54. The third-order valence-electron chi connectivity index (χ3n) is 3.00. The second-order valence-electron chi connectivity index (χ2n) is 4.54. The van der Waals surface area contributed by atoms with Crippen LogP contribution in [0.5, 0.6) is 0 Å². The molecule has 0 aromatic rings. The summed E-state index contributed by atoms with van der Waals surface area (Å²) in [6.07, 6.45) is -4.35. The summed E-state index contributed by atoms with van der Waals surface area (Å²) >= 11 is 0. The number of sulfonamides is 1. The van der Waals surface area contributed by atoms with E-state index in [0.717, 1.165) is 6.26 Å². The fourth-order valence-corrected chi connectivity index (χ4v) is 2.28. The van der Waals surface area contributed by atoms with Crippen molar-refractivity contribution in [3.63, 3.8) is 0 Å². The van der Waals surface area contributed by atoms with Crippen molar-refractivity contribution in [3.05, 3.63) is 0 Å². The van der Waals surface area contributed by atoms with Gasteiger partial charge >= 0.3 is 6.18 Å². The Balaban J connectivity index is 2.36. The van der Waals surface area contributed by atoms with Crippen LogP contribution < -0.4 is 4.72 Å². The van der Waals surface area contributed by atoms with Crippen LogP contribution in [-0.4, -0.2) is 62.6 Å². The number of aliphatic hydroxyl groups is 1. The molecule has 0 amide bonds. The first-order chi connectivity index (χ1) is 8.04. The third-order valence-corrected chi connectivity index (χ3v) is 3.73. The van der Waals surface area contributed by atoms with Crippen LogP contribution in [0.1, 0.15) is 12.8 Å². The molecule has 0 aromatic heterocycles. The van der Waals surface area contributed by atoms with Crippen molar-refractivity contribution in [1.82, 2.24) is 9.62 Å². The lowest BCUT2D eigenvalue weighted by Gasteiger charge is -2.39. The molecule has 1 aliphatic heterocycles. The molecule has 1 rings (SSSR count). The highest BCUT2D eigenvalue weighted by Crippen LogP contribution is 2.38. The monoisotopic (exact) mass is 290 g/mol. The zero-order valence-electron chi connectivity index (χ0n) is 10.00. The van der Waals surface area contributed by atoms with E-state index in [1.807, 2.05) is 0 Å². The number of hydrogen-bond donors (Lipinski definition) is 2. The summed E-state index contributed by atoms with van der Waals surface area (Å²) in [5, 5.41) is 9.42. The van der Waals surface area contributed by atoms with E-state index in [-0.39, 0.29) is 32.5 Å². The Morgan fingerprint density at radius 3 is 2.22 bits per heavy atom. The van der Waals surface area contributed by atoms with Crippen molar-refractivity contribution in [2.24, 2.45) is 0 Å². The van der Waals surface area contributed by atoms with E-state index in [2.05, 4.69) is 4.72 Å². The van der Waals surface area contributed by atoms with E-state index < -0.39 is 21.8 Å². The van der Waals surface area contributed by atoms with Gasteiger partial charge in [0.1, 0.15) is 0 Å². The number of nitrogens with one attached hydrogen (secondary N) is 1. The van der Waals surface area contributed by atoms with Gasteiger partial charge in [0.05, 0.1) is 6.26 Å². The van der Waals surface area contributed by atoms with Crippen LogP contribution in [-0.2, 0) is 10.0 Å². The van der Waals surface area contributed by atoms with Crippen molar-refractivity contribution in [2.45, 2.75) is 24.6 Å². The number of halogens is 3. The zero-order chi connectivity index (χ0) is 14.0. The lowest BCUT2D eigenvalue weighted by atomic mass is 9.91. The normalized spacial score (nSPS) is 22.1. The van der Waals surface area contributed by atoms with Gasteiger partial charge < -0.3 is 10.0 Å². The third kappa shape index (κ3) is 4.38. The summed E-state index contributed by atoms with van der Waals surface area (Å²) < 4.78 is 61.3. The van der Waals surface area contributed by atoms with Crippen molar-refractivity contribution >= 4 is 10.0 Å². The van der Waals surface area contributed by atoms with Gasteiger partial charge in [0.15, 0.2) is 5.60 Å². The number of piperidine rings is 1. The molecule has 0 unspecified atom stereocenters. The van der Waals surface area contributed by atoms with Crippen molar-refractivity contribution < 1.29 is 26.7 Å². The average Bonchev–Trinajstić information content (AvgIpc) is 2.17. The molecule has 5 nitrogen and oxygen atoms in total. The van der Waals surface area contributed by atoms with Crippen LogP contribution in [0.3, 0.4) is 0 Å². The summed E-state index contributed by atoms with van der Waals surface area (Å²) in [6.45, 7) is 0.688. The summed E-state index contributed by atoms with van der Waals surface area (Å²) in [4.78, 5) is 1.69. The molecule has 0 atom stereocenters. The first kappa shape index (κ1) is 15.7. The topological polar surface area (TPSA) is 69.6 Å². The van der Waals surface area contributed by atoms with Crippen LogP contribution >= 0.6 is 0 Å². The number of likely N-dealkylation sites (tertiary alicyclic amines) is 1. The lowest BCUT2D eigenvalue weighted by Crippen LogP contribution is -2.54. The molecule has 0 spiro atoms. The van der Waals surface area contributed by atoms with Gasteiger partial charge in [-0.2, -0.15) is 13.2 Å². The average molecular weight is 290 g/mol. The van der Waals surface area contributed by atoms with Gasteiger partial charge in [-0.15, -0.1) is 0 Å². The molecule has 1 aliphatic rings. The number of alkyl halides is 3. The minimum absolute atomic E-state index is 0.0987. The molecule has 18 heavy (non-hydrogen) atoms. The maximum absolute atomic E-state index is 12.5. The Hall–Kier alpha value is -0.380. The Morgan fingerprint density at radius 2 is 1.83 bits per heavy atom. The smallest absolute Gasteiger partial charge is 0.380 e. The van der Waals surface area contributed by atoms with Gasteiger partial charge in [0.25, 0.3) is 0 Å². The van der Waals surface area contributed by atoms with Gasteiger partial charge in [-0.3, -0.25) is 0 Å². The largest absolute Gasteiger partial charge is 0.417 e. The Labute approximate surface area is 104 Å². The van der Waals surface area contributed by atoms with Crippen LogP contribution in [0.2, 0.25) is 0 Å². The summed E-state index contributed by atoms with van der Waals surface area (Å²) in [5.41, 5.74) is -2.60. The predicted octanol–water partition coefficient (Wildman–Crippen LogP) is -0.0752. The van der Waals surface area contributed by atoms with Gasteiger partial charge in [0.2, 0.25) is 10.0 Å². The number of hydrogen-bond acceptors (Lipinski definition) is 4. The molecule has 0 bridgehead atoms. The minimum Gasteiger partial charge on any atom is -0.380 e. The first-order valence-electron chi connectivity index (χ1n) is 5.50. The van der Waals surface area contributed by atoms with E-state index in [0.29, 0.717) is 6.54 Å². The van der Waals surface area contributed by atoms with Gasteiger partial charge in [-0.05, 0) is 12.8 Å². The Bertz CT molecular complexity index is 375. The van der Waals surface area contributed by atoms with Gasteiger partial charge in [-0.1, -0.05) is 0 Å². The summed E-state index contributed by atoms with van der Waals surface area (Å²) in [5.74, 6) is 0. The standard InChI is InChI=1S/C9H17F3N2O3S/c1-18(16,17)13-4-7-14-5-2-8(15,3-6-14)9(10,11)12/h13,15H,2-7H2,1H3. The van der Waals surface area contributed by atoms with E-state index >= 15 is 0 Å². The first-order valence-corrected chi connectivity index (χ1v) is 7.39. The molecule has 0 radical (unpaired) electrons. The van der Waals surface area contributed by atoms with Crippen LogP contribution in [0.15, 0.2) is 0 Å². The molecule has 1 saturated heterocycles. The number of nitrogens with zero attached hydrogens (tertiary/aromatic N) is 1. The molecular weight excluding hydrogens is 273 g/mol. The Morgan fingerprint density at radius 1 is 1.33 bits per heavy atom. The number of rotatable bonds is 4. The lowest BCUT2D eigenvalue weighted by molar-refractivity contribution is -0.272. The van der Waals surface area contributed by atoms with Crippen LogP contribution in [0.25, 0.3) is 0 Å². The van der Waals surface area contributed by atoms with Crippen LogP contribution in [0, 0.1) is 0 Å². The van der Waals surface area contributed by atoms with Crippen molar-refractivity contribution in [1.29, 1.82) is 0 Å². The molecule has 9 heteroatoms. The molecule has 0 saturated carbocycles. The van der Waals surface area contributed by atoms with Gasteiger partial charge in [-0.25, -0.2) is 13.1 Å². The molecule has 2 N–H and O–H groups in total. The zero-order valence-corrected chi connectivity index (χ0v) is 10.8. The van der Waals surface area contributed by atoms with E-state index in [1.165, 1.54) is 0 Å². The van der Waals surface area contributed by atoms with E-state index in [4.69, 9.17) is 0 Å². The highest BCUT2D eigenvalue weighted by molar-refractivity contribution is 7.88. The van der Waals surface area contributed by atoms with Crippen molar-refractivity contribution in [2.75, 3.05) is 32.4 Å². The maximum Gasteiger partial charge on any atom is 0.417 e. The molecule has 1 heterocycles. The van der Waals surface area contributed by atoms with Crippen molar-refractivity contribution in [3.8, 4) is 0 Å². The predicted molar refractivity (Wildman–Crippen MR) is 59.5 cm³/mol. The molecule has 0 aromatic carbocycles. The molecular formula is C9H17F3N2O3S. The summed E-state index contributed by atoms with van der Waals surface area (Å²) in [6, 6.07) is 0. The SMILES string of the molecule is CS(=O)(=O)NCCN1CCC(O)(C(F)(F)F)CC1. The fraction of sp³-hybridized carbons (Fsp3) is 1.00. The van der Waals surface area contributed by atoms with E-state index in [1.54, 1.807) is 4.90 Å². The molecule has 108 valence electrons. The van der Waals surface area contributed by atoms with E-state index in [9.17, 15) is 26.7 Å². The quantitative estimate of drug-likeness (QED) is 0.760. The second-order valence-corrected chi connectivity index (χ2v) is 6.37.